The Morgan fingerprint density at radius 3 is 2.45 bits per heavy atom. The molecule has 6 heteroatoms. The maximum absolute atomic E-state index is 12.3. The molecule has 6 nitrogen and oxygen atoms in total. The molecule has 3 N–H and O–H groups in total. The van der Waals surface area contributed by atoms with Gasteiger partial charge in [-0.25, -0.2) is 4.98 Å². The van der Waals surface area contributed by atoms with Crippen molar-refractivity contribution in [2.75, 3.05) is 13.1 Å². The Labute approximate surface area is 169 Å². The molecule has 1 saturated heterocycles. The highest BCUT2D eigenvalue weighted by Gasteiger charge is 2.36. The van der Waals surface area contributed by atoms with Crippen molar-refractivity contribution in [2.45, 2.75) is 25.3 Å². The number of benzene rings is 2. The largest absolute Gasteiger partial charge is 0.457 e. The zero-order valence-electron chi connectivity index (χ0n) is 16.2. The molecular weight excluding hydrogens is 364 g/mol. The van der Waals surface area contributed by atoms with Crippen molar-refractivity contribution in [3.63, 3.8) is 0 Å². The second-order valence-corrected chi connectivity index (χ2v) is 7.79. The minimum Gasteiger partial charge on any atom is -0.457 e. The third-order valence-corrected chi connectivity index (χ3v) is 5.95. The van der Waals surface area contributed by atoms with Crippen LogP contribution in [0.2, 0.25) is 0 Å². The van der Waals surface area contributed by atoms with Crippen LogP contribution < -0.4 is 15.8 Å². The standard InChI is InChI=1S/C23H24N4O2/c24-22(28)21-20(26-23-19(16-13-25-14-16)7-4-12-27(21)23)15-8-10-18(11-9-15)29-17-5-2-1-3-6-17/h1-3,5-6,8-11,16,19,25H,4,7,12-14H2,(H2,24,28). The second kappa shape index (κ2) is 7.37. The second-order valence-electron chi connectivity index (χ2n) is 7.79. The number of ether oxygens (including phenoxy) is 1. The smallest absolute Gasteiger partial charge is 0.267 e. The van der Waals surface area contributed by atoms with Crippen molar-refractivity contribution in [1.82, 2.24) is 14.9 Å². The summed E-state index contributed by atoms with van der Waals surface area (Å²) >= 11 is 0. The molecule has 2 aliphatic rings. The highest BCUT2D eigenvalue weighted by molar-refractivity contribution is 5.97. The molecule has 1 atom stereocenters. The molecule has 2 aliphatic heterocycles. The Kier molecular flexibility index (Phi) is 4.56. The molecule has 1 amide bonds. The van der Waals surface area contributed by atoms with Crippen LogP contribution in [0.5, 0.6) is 11.5 Å². The molecule has 3 aromatic rings. The number of nitrogens with two attached hydrogens (primary N) is 1. The van der Waals surface area contributed by atoms with Gasteiger partial charge in [0.2, 0.25) is 0 Å². The zero-order chi connectivity index (χ0) is 19.8. The molecule has 5 rings (SSSR count). The maximum Gasteiger partial charge on any atom is 0.267 e. The minimum absolute atomic E-state index is 0.387. The Hall–Kier alpha value is -3.12. The van der Waals surface area contributed by atoms with Gasteiger partial charge in [-0.2, -0.15) is 0 Å². The van der Waals surface area contributed by atoms with E-state index in [0.717, 1.165) is 55.4 Å². The van der Waals surface area contributed by atoms with E-state index in [9.17, 15) is 4.79 Å². The number of primary amides is 1. The zero-order valence-corrected chi connectivity index (χ0v) is 16.2. The average molecular weight is 388 g/mol. The fourth-order valence-corrected chi connectivity index (χ4v) is 4.38. The topological polar surface area (TPSA) is 82.2 Å². The van der Waals surface area contributed by atoms with E-state index in [2.05, 4.69) is 9.88 Å². The molecule has 0 aliphatic carbocycles. The molecule has 1 unspecified atom stereocenters. The number of aromatic nitrogens is 2. The van der Waals surface area contributed by atoms with E-state index in [1.54, 1.807) is 0 Å². The van der Waals surface area contributed by atoms with E-state index < -0.39 is 5.91 Å². The molecule has 1 aromatic heterocycles. The Morgan fingerprint density at radius 2 is 1.79 bits per heavy atom. The van der Waals surface area contributed by atoms with E-state index in [1.807, 2.05) is 54.6 Å². The molecule has 0 saturated carbocycles. The fraction of sp³-hybridized carbons (Fsp3) is 0.304. The predicted octanol–water partition coefficient (Wildman–Crippen LogP) is 3.54. The van der Waals surface area contributed by atoms with Crippen LogP contribution in [0.15, 0.2) is 54.6 Å². The summed E-state index contributed by atoms with van der Waals surface area (Å²) in [5.74, 6) is 3.09. The van der Waals surface area contributed by atoms with Crippen LogP contribution in [0.3, 0.4) is 0 Å². The lowest BCUT2D eigenvalue weighted by molar-refractivity contribution is 0.0990. The molecule has 0 spiro atoms. The van der Waals surface area contributed by atoms with Gasteiger partial charge in [-0.1, -0.05) is 18.2 Å². The third kappa shape index (κ3) is 3.29. The van der Waals surface area contributed by atoms with Gasteiger partial charge < -0.3 is 20.4 Å². The molecule has 1 fully saturated rings. The Balaban J connectivity index is 1.49. The van der Waals surface area contributed by atoms with E-state index in [4.69, 9.17) is 15.5 Å². The normalized spacial score (nSPS) is 18.7. The van der Waals surface area contributed by atoms with Crippen LogP contribution in [0.4, 0.5) is 0 Å². The average Bonchev–Trinajstić information content (AvgIpc) is 3.09. The summed E-state index contributed by atoms with van der Waals surface area (Å²) < 4.78 is 7.93. The number of imidazole rings is 1. The lowest BCUT2D eigenvalue weighted by Gasteiger charge is -2.37. The van der Waals surface area contributed by atoms with Crippen LogP contribution in [-0.4, -0.2) is 28.5 Å². The molecule has 2 aromatic carbocycles. The summed E-state index contributed by atoms with van der Waals surface area (Å²) in [6.45, 7) is 2.83. The molecule has 0 bridgehead atoms. The van der Waals surface area contributed by atoms with Crippen molar-refractivity contribution < 1.29 is 9.53 Å². The first-order chi connectivity index (χ1) is 14.2. The summed E-state index contributed by atoms with van der Waals surface area (Å²) in [6.07, 6.45) is 2.17. The van der Waals surface area contributed by atoms with E-state index in [0.29, 0.717) is 23.2 Å². The Morgan fingerprint density at radius 1 is 1.07 bits per heavy atom. The van der Waals surface area contributed by atoms with Crippen LogP contribution in [0.25, 0.3) is 11.3 Å². The van der Waals surface area contributed by atoms with E-state index in [-0.39, 0.29) is 0 Å². The number of amides is 1. The monoisotopic (exact) mass is 388 g/mol. The van der Waals surface area contributed by atoms with E-state index in [1.165, 1.54) is 0 Å². The summed E-state index contributed by atoms with van der Waals surface area (Å²) in [6, 6.07) is 17.3. The first-order valence-corrected chi connectivity index (χ1v) is 10.1. The van der Waals surface area contributed by atoms with E-state index >= 15 is 0 Å². The Bertz CT molecular complexity index is 1020. The number of carbonyl (C=O) groups is 1. The van der Waals surface area contributed by atoms with Crippen molar-refractivity contribution in [3.05, 3.63) is 66.1 Å². The summed E-state index contributed by atoms with van der Waals surface area (Å²) in [4.78, 5) is 17.3. The molecule has 148 valence electrons. The van der Waals surface area contributed by atoms with Gasteiger partial charge in [-0.3, -0.25) is 4.79 Å². The van der Waals surface area contributed by atoms with Gasteiger partial charge in [-0.15, -0.1) is 0 Å². The highest BCUT2D eigenvalue weighted by atomic mass is 16.5. The van der Waals surface area contributed by atoms with Gasteiger partial charge in [0, 0.05) is 18.0 Å². The number of nitrogens with zero attached hydrogens (tertiary/aromatic N) is 2. The number of para-hydroxylation sites is 1. The van der Waals surface area contributed by atoms with Crippen molar-refractivity contribution in [2.24, 2.45) is 11.7 Å². The van der Waals surface area contributed by atoms with Crippen molar-refractivity contribution >= 4 is 5.91 Å². The van der Waals surface area contributed by atoms with Gasteiger partial charge in [0.15, 0.2) is 0 Å². The van der Waals surface area contributed by atoms with Gasteiger partial charge in [0.25, 0.3) is 5.91 Å². The first kappa shape index (κ1) is 17.9. The number of carbonyl (C=O) groups excluding carboxylic acids is 1. The number of nitrogens with one attached hydrogen (secondary N) is 1. The van der Waals surface area contributed by atoms with Crippen molar-refractivity contribution in [3.8, 4) is 22.8 Å². The van der Waals surface area contributed by atoms with Crippen LogP contribution in [0, 0.1) is 5.92 Å². The maximum atomic E-state index is 12.3. The van der Waals surface area contributed by atoms with Crippen molar-refractivity contribution in [1.29, 1.82) is 0 Å². The number of rotatable bonds is 5. The highest BCUT2D eigenvalue weighted by Crippen LogP contribution is 2.38. The van der Waals surface area contributed by atoms with Gasteiger partial charge >= 0.3 is 0 Å². The van der Waals surface area contributed by atoms with Crippen LogP contribution in [-0.2, 0) is 6.54 Å². The number of hydrogen-bond acceptors (Lipinski definition) is 4. The summed E-state index contributed by atoms with van der Waals surface area (Å²) in [5.41, 5.74) is 7.87. The predicted molar refractivity (Wildman–Crippen MR) is 111 cm³/mol. The summed E-state index contributed by atoms with van der Waals surface area (Å²) in [5, 5.41) is 3.35. The number of fused-ring (bicyclic) bond motifs is 1. The fourth-order valence-electron chi connectivity index (χ4n) is 4.38. The molecular formula is C23H24N4O2. The lowest BCUT2D eigenvalue weighted by Crippen LogP contribution is -2.46. The SMILES string of the molecule is NC(=O)c1c(-c2ccc(Oc3ccccc3)cc2)nc2n1CCCC2C1CNC1. The quantitative estimate of drug-likeness (QED) is 0.700. The first-order valence-electron chi connectivity index (χ1n) is 10.1. The number of hydrogen-bond donors (Lipinski definition) is 2. The lowest BCUT2D eigenvalue weighted by atomic mass is 9.82. The summed E-state index contributed by atoms with van der Waals surface area (Å²) in [7, 11) is 0. The molecule has 3 heterocycles. The van der Waals surface area contributed by atoms with Crippen LogP contribution >= 0.6 is 0 Å². The van der Waals surface area contributed by atoms with Crippen LogP contribution in [0.1, 0.15) is 35.1 Å². The molecule has 0 radical (unpaired) electrons. The molecule has 29 heavy (non-hydrogen) atoms. The van der Waals surface area contributed by atoms with Gasteiger partial charge in [0.1, 0.15) is 28.7 Å². The van der Waals surface area contributed by atoms with Gasteiger partial charge in [0.05, 0.1) is 0 Å². The third-order valence-electron chi connectivity index (χ3n) is 5.95. The van der Waals surface area contributed by atoms with Gasteiger partial charge in [-0.05, 0) is 68.2 Å². The minimum atomic E-state index is -0.421.